The van der Waals surface area contributed by atoms with Crippen LogP contribution in [-0.4, -0.2) is 55.1 Å². The van der Waals surface area contributed by atoms with Crippen molar-refractivity contribution in [2.75, 3.05) is 32.9 Å². The molecule has 0 radical (unpaired) electrons. The van der Waals surface area contributed by atoms with Crippen molar-refractivity contribution < 1.29 is 19.0 Å². The van der Waals surface area contributed by atoms with Gasteiger partial charge in [-0.1, -0.05) is 5.92 Å². The van der Waals surface area contributed by atoms with Gasteiger partial charge in [0.25, 0.3) is 0 Å². The molecule has 2 heterocycles. The van der Waals surface area contributed by atoms with Crippen LogP contribution >= 0.6 is 0 Å². The number of aliphatic hydroxyl groups excluding tert-OH is 1. The topological polar surface area (TPSA) is 55.1 Å². The third-order valence-corrected chi connectivity index (χ3v) is 3.63. The quantitative estimate of drug-likeness (QED) is 0.554. The first kappa shape index (κ1) is 17.0. The first-order chi connectivity index (χ1) is 10.7. The Hall–Kier alpha value is -1.32. The van der Waals surface area contributed by atoms with Crippen molar-refractivity contribution >= 4 is 0 Å². The van der Waals surface area contributed by atoms with Gasteiger partial charge >= 0.3 is 0 Å². The normalized spacial score (nSPS) is 19.5. The molecule has 0 spiro atoms. The van der Waals surface area contributed by atoms with Crippen molar-refractivity contribution in [3.05, 3.63) is 23.7 Å². The molecule has 22 heavy (non-hydrogen) atoms. The molecule has 0 aromatic carbocycles. The maximum Gasteiger partial charge on any atom is 0.118 e. The number of terminal acetylenes is 1. The molecule has 2 unspecified atom stereocenters. The number of nitrogens with zero attached hydrogens (tertiary/aromatic N) is 1. The van der Waals surface area contributed by atoms with Crippen LogP contribution in [0.2, 0.25) is 0 Å². The monoisotopic (exact) mass is 307 g/mol. The van der Waals surface area contributed by atoms with Crippen LogP contribution in [0.15, 0.2) is 16.5 Å². The van der Waals surface area contributed by atoms with Crippen molar-refractivity contribution in [1.29, 1.82) is 0 Å². The molecule has 1 aromatic heterocycles. The van der Waals surface area contributed by atoms with Gasteiger partial charge in [0.15, 0.2) is 0 Å². The molecular weight excluding hydrogens is 282 g/mol. The summed E-state index contributed by atoms with van der Waals surface area (Å²) in [6.07, 6.45) is 6.96. The van der Waals surface area contributed by atoms with E-state index in [1.54, 1.807) is 0 Å². The molecule has 122 valence electrons. The third kappa shape index (κ3) is 5.82. The predicted octanol–water partition coefficient (Wildman–Crippen LogP) is 1.58. The second-order valence-electron chi connectivity index (χ2n) is 5.71. The molecule has 1 N–H and O–H groups in total. The molecule has 1 aromatic rings. The van der Waals surface area contributed by atoms with Crippen LogP contribution in [0.3, 0.4) is 0 Å². The van der Waals surface area contributed by atoms with Gasteiger partial charge in [-0.05, 0) is 31.9 Å². The Morgan fingerprint density at radius 3 is 3.05 bits per heavy atom. The van der Waals surface area contributed by atoms with Crippen LogP contribution in [0.5, 0.6) is 0 Å². The van der Waals surface area contributed by atoms with Gasteiger partial charge in [0.05, 0.1) is 25.4 Å². The van der Waals surface area contributed by atoms with E-state index in [0.717, 1.165) is 37.5 Å². The molecule has 2 atom stereocenters. The van der Waals surface area contributed by atoms with Crippen molar-refractivity contribution in [3.8, 4) is 12.3 Å². The zero-order chi connectivity index (χ0) is 15.8. The largest absolute Gasteiger partial charge is 0.465 e. The minimum Gasteiger partial charge on any atom is -0.465 e. The molecule has 0 amide bonds. The summed E-state index contributed by atoms with van der Waals surface area (Å²) in [7, 11) is 0. The van der Waals surface area contributed by atoms with Crippen LogP contribution in [0, 0.1) is 19.3 Å². The minimum absolute atomic E-state index is 0.222. The Balaban J connectivity index is 1.87. The molecule has 5 heteroatoms. The molecule has 1 aliphatic heterocycles. The van der Waals surface area contributed by atoms with Crippen LogP contribution in [0.4, 0.5) is 0 Å². The lowest BCUT2D eigenvalue weighted by Gasteiger charge is -2.26. The number of furan rings is 1. The van der Waals surface area contributed by atoms with E-state index >= 15 is 0 Å². The molecule has 1 saturated heterocycles. The summed E-state index contributed by atoms with van der Waals surface area (Å²) in [6, 6.07) is 3.92. The Labute approximate surface area is 132 Å². The first-order valence-electron chi connectivity index (χ1n) is 7.76. The zero-order valence-electron chi connectivity index (χ0n) is 13.2. The van der Waals surface area contributed by atoms with Gasteiger partial charge in [-0.3, -0.25) is 4.90 Å². The number of ether oxygens (including phenoxy) is 2. The fourth-order valence-corrected chi connectivity index (χ4v) is 2.68. The van der Waals surface area contributed by atoms with E-state index in [1.807, 2.05) is 19.1 Å². The van der Waals surface area contributed by atoms with E-state index in [2.05, 4.69) is 10.8 Å². The molecule has 0 bridgehead atoms. The van der Waals surface area contributed by atoms with Crippen molar-refractivity contribution in [3.63, 3.8) is 0 Å². The van der Waals surface area contributed by atoms with E-state index in [0.29, 0.717) is 13.1 Å². The molecule has 0 aliphatic carbocycles. The van der Waals surface area contributed by atoms with Gasteiger partial charge in [0.1, 0.15) is 18.1 Å². The molecular formula is C17H25NO4. The lowest BCUT2D eigenvalue weighted by atomic mass is 10.2. The number of hydrogen-bond acceptors (Lipinski definition) is 5. The summed E-state index contributed by atoms with van der Waals surface area (Å²) in [5.41, 5.74) is 0. The Kier molecular flexibility index (Phi) is 6.94. The zero-order valence-corrected chi connectivity index (χ0v) is 13.2. The summed E-state index contributed by atoms with van der Waals surface area (Å²) in [5.74, 6) is 4.18. The summed E-state index contributed by atoms with van der Waals surface area (Å²) in [6.45, 7) is 5.15. The predicted molar refractivity (Wildman–Crippen MR) is 83.4 cm³/mol. The smallest absolute Gasteiger partial charge is 0.118 e. The lowest BCUT2D eigenvalue weighted by molar-refractivity contribution is 0.00787. The Morgan fingerprint density at radius 2 is 2.41 bits per heavy atom. The van der Waals surface area contributed by atoms with E-state index in [4.69, 9.17) is 20.3 Å². The molecule has 0 saturated carbocycles. The lowest BCUT2D eigenvalue weighted by Crippen LogP contribution is -2.39. The molecule has 5 nitrogen and oxygen atoms in total. The summed E-state index contributed by atoms with van der Waals surface area (Å²) in [4.78, 5) is 2.15. The average molecular weight is 307 g/mol. The van der Waals surface area contributed by atoms with Gasteiger partial charge < -0.3 is 19.0 Å². The fourth-order valence-electron chi connectivity index (χ4n) is 2.68. The van der Waals surface area contributed by atoms with Crippen LogP contribution in [0.1, 0.15) is 24.4 Å². The third-order valence-electron chi connectivity index (χ3n) is 3.63. The maximum absolute atomic E-state index is 10.1. The fraction of sp³-hybridized carbons (Fsp3) is 0.647. The van der Waals surface area contributed by atoms with Crippen molar-refractivity contribution in [2.45, 2.75) is 38.5 Å². The molecule has 1 aliphatic rings. The number of aryl methyl sites for hydroxylation is 1. The maximum atomic E-state index is 10.1. The second kappa shape index (κ2) is 8.96. The van der Waals surface area contributed by atoms with Crippen LogP contribution in [0.25, 0.3) is 0 Å². The van der Waals surface area contributed by atoms with Gasteiger partial charge in [0.2, 0.25) is 0 Å². The highest BCUT2D eigenvalue weighted by molar-refractivity contribution is 5.05. The first-order valence-corrected chi connectivity index (χ1v) is 7.76. The van der Waals surface area contributed by atoms with Gasteiger partial charge in [-0.15, -0.1) is 6.42 Å². The number of rotatable bonds is 9. The average Bonchev–Trinajstić information content (AvgIpc) is 3.11. The summed E-state index contributed by atoms with van der Waals surface area (Å²) >= 11 is 0. The minimum atomic E-state index is -0.578. The molecule has 1 fully saturated rings. The highest BCUT2D eigenvalue weighted by atomic mass is 16.5. The van der Waals surface area contributed by atoms with E-state index in [9.17, 15) is 5.11 Å². The number of hydrogen-bond donors (Lipinski definition) is 1. The van der Waals surface area contributed by atoms with Gasteiger partial charge in [0, 0.05) is 19.7 Å². The molecule has 2 rings (SSSR count). The Morgan fingerprint density at radius 1 is 1.55 bits per heavy atom. The van der Waals surface area contributed by atoms with Crippen LogP contribution < -0.4 is 0 Å². The highest BCUT2D eigenvalue weighted by Gasteiger charge is 2.22. The summed E-state index contributed by atoms with van der Waals surface area (Å²) in [5, 5.41) is 10.1. The van der Waals surface area contributed by atoms with E-state index in [1.165, 1.54) is 0 Å². The van der Waals surface area contributed by atoms with E-state index in [-0.39, 0.29) is 19.3 Å². The van der Waals surface area contributed by atoms with Crippen LogP contribution in [-0.2, 0) is 16.0 Å². The van der Waals surface area contributed by atoms with Gasteiger partial charge in [-0.2, -0.15) is 0 Å². The van der Waals surface area contributed by atoms with Crippen molar-refractivity contribution in [1.82, 2.24) is 4.90 Å². The highest BCUT2D eigenvalue weighted by Crippen LogP contribution is 2.16. The van der Waals surface area contributed by atoms with E-state index < -0.39 is 6.10 Å². The second-order valence-corrected chi connectivity index (χ2v) is 5.71. The number of aliphatic hydroxyl groups is 1. The standard InChI is InChI=1S/C17H25NO4/c1-3-8-20-13-15(19)10-18(11-16-5-4-9-21-16)12-17-7-6-14(2)22-17/h1,6-7,15-16,19H,4-5,8-13H2,2H3. The van der Waals surface area contributed by atoms with Crippen molar-refractivity contribution in [2.24, 2.45) is 0 Å². The van der Waals surface area contributed by atoms with Gasteiger partial charge in [-0.25, -0.2) is 0 Å². The Bertz CT molecular complexity index is 473. The SMILES string of the molecule is C#CCOCC(O)CN(Cc1ccc(C)o1)CC1CCCO1. The summed E-state index contributed by atoms with van der Waals surface area (Å²) < 4.78 is 16.5.